The van der Waals surface area contributed by atoms with E-state index < -0.39 is 0 Å². The molecule has 2 heterocycles. The molecule has 4 aliphatic carbocycles. The number of nitrogens with one attached hydrogen (secondary N) is 1. The maximum absolute atomic E-state index is 5.12. The van der Waals surface area contributed by atoms with E-state index in [1.54, 1.807) is 12.4 Å². The van der Waals surface area contributed by atoms with Crippen molar-refractivity contribution in [2.45, 2.75) is 26.7 Å². The van der Waals surface area contributed by atoms with Gasteiger partial charge in [0, 0.05) is 47.1 Å². The van der Waals surface area contributed by atoms with Gasteiger partial charge in [-0.3, -0.25) is 4.98 Å². The van der Waals surface area contributed by atoms with Gasteiger partial charge in [-0.05, 0) is 94.3 Å². The van der Waals surface area contributed by atoms with Gasteiger partial charge in [0.05, 0.1) is 5.70 Å². The molecule has 4 heteroatoms. The molecule has 2 aromatic carbocycles. The van der Waals surface area contributed by atoms with Crippen LogP contribution < -0.4 is 5.32 Å². The Kier molecular flexibility index (Phi) is 8.30. The first kappa shape index (κ1) is 31.4. The van der Waals surface area contributed by atoms with E-state index in [0.29, 0.717) is 18.1 Å². The van der Waals surface area contributed by atoms with Crippen molar-refractivity contribution in [3.63, 3.8) is 0 Å². The topological polar surface area (TPSA) is 49.6 Å². The van der Waals surface area contributed by atoms with E-state index in [4.69, 9.17) is 9.98 Å². The fraction of sp³-hybridized carbons (Fsp3) is 0.152. The number of aromatic nitrogens is 1. The molecule has 0 saturated heterocycles. The standard InChI is InChI=1S/C46H40N4/c1-31(33-21-26-47-27-22-33)49-45(34-23-28-48-29-24-34)50-32(2)36-12-4-6-14-38(36)39-15-7-5-13-37(39)35-19-20-42-40-16-8-9-17-41(40)43-18-10-11-25-46(43,3)44(42)30-35/h4-8,10-16,18-28,30,44,48H,2,9,17,29H2,1,3H3. The van der Waals surface area contributed by atoms with Crippen molar-refractivity contribution in [1.82, 2.24) is 10.3 Å². The van der Waals surface area contributed by atoms with E-state index >= 15 is 0 Å². The number of hydrogen-bond donors (Lipinski definition) is 1. The Bertz CT molecular complexity index is 2240. The van der Waals surface area contributed by atoms with E-state index in [1.165, 1.54) is 33.4 Å². The van der Waals surface area contributed by atoms with E-state index in [1.807, 2.05) is 31.3 Å². The Morgan fingerprint density at radius 1 is 0.880 bits per heavy atom. The molecule has 5 aliphatic rings. The molecule has 1 aliphatic heterocycles. The van der Waals surface area contributed by atoms with Crippen molar-refractivity contribution in [2.75, 3.05) is 6.54 Å². The molecule has 1 aromatic heterocycles. The third kappa shape index (κ3) is 5.67. The number of amidine groups is 1. The van der Waals surface area contributed by atoms with Crippen molar-refractivity contribution in [3.05, 3.63) is 197 Å². The highest BCUT2D eigenvalue weighted by Gasteiger charge is 2.43. The zero-order valence-electron chi connectivity index (χ0n) is 28.6. The van der Waals surface area contributed by atoms with E-state index in [-0.39, 0.29) is 11.3 Å². The minimum atomic E-state index is -0.0942. The third-order valence-corrected chi connectivity index (χ3v) is 10.4. The zero-order chi connectivity index (χ0) is 34.1. The molecule has 8 rings (SSSR count). The van der Waals surface area contributed by atoms with E-state index in [0.717, 1.165) is 46.4 Å². The van der Waals surface area contributed by atoms with E-state index in [2.05, 4.69) is 133 Å². The number of rotatable bonds is 6. The van der Waals surface area contributed by atoms with Gasteiger partial charge in [0.15, 0.2) is 5.84 Å². The number of fused-ring (bicyclic) bond motifs is 4. The lowest BCUT2D eigenvalue weighted by Crippen LogP contribution is -2.34. The highest BCUT2D eigenvalue weighted by atomic mass is 14.9. The fourth-order valence-corrected chi connectivity index (χ4v) is 7.85. The van der Waals surface area contributed by atoms with Gasteiger partial charge in [-0.1, -0.05) is 123 Å². The minimum absolute atomic E-state index is 0.0942. The smallest absolute Gasteiger partial charge is 0.159 e. The molecule has 2 unspecified atom stereocenters. The summed E-state index contributed by atoms with van der Waals surface area (Å²) in [5.74, 6) is 0.863. The summed E-state index contributed by atoms with van der Waals surface area (Å²) < 4.78 is 0. The fourth-order valence-electron chi connectivity index (χ4n) is 7.85. The molecule has 0 radical (unpaired) electrons. The predicted molar refractivity (Wildman–Crippen MR) is 209 cm³/mol. The summed E-state index contributed by atoms with van der Waals surface area (Å²) in [6.45, 7) is 9.65. The van der Waals surface area contributed by atoms with Crippen LogP contribution in [0, 0.1) is 11.3 Å². The maximum atomic E-state index is 5.12. The average molecular weight is 649 g/mol. The molecule has 2 atom stereocenters. The van der Waals surface area contributed by atoms with Crippen LogP contribution in [0.25, 0.3) is 22.4 Å². The molecule has 244 valence electrons. The molecular formula is C46H40N4. The largest absolute Gasteiger partial charge is 0.387 e. The van der Waals surface area contributed by atoms with Crippen LogP contribution >= 0.6 is 0 Å². The SMILES string of the molecule is C=C(N=C(N=C(C)c1ccncc1)C1=CCNC=C1)c1ccccc1-c1ccccc1C1=CC2C(=C3C=CCCC3=C3C=CC=CC32C)C=C1. The summed E-state index contributed by atoms with van der Waals surface area (Å²) in [5, 5.41) is 3.24. The molecule has 0 fully saturated rings. The summed E-state index contributed by atoms with van der Waals surface area (Å²) in [4.78, 5) is 14.3. The molecule has 1 N–H and O–H groups in total. The first-order valence-electron chi connectivity index (χ1n) is 17.4. The summed E-state index contributed by atoms with van der Waals surface area (Å²) in [7, 11) is 0. The maximum Gasteiger partial charge on any atom is 0.159 e. The lowest BCUT2D eigenvalue weighted by Gasteiger charge is -2.45. The lowest BCUT2D eigenvalue weighted by atomic mass is 9.58. The molecule has 0 spiro atoms. The Labute approximate surface area is 295 Å². The molecular weight excluding hydrogens is 609 g/mol. The van der Waals surface area contributed by atoms with Crippen LogP contribution in [-0.4, -0.2) is 23.1 Å². The summed E-state index contributed by atoms with van der Waals surface area (Å²) in [6, 6.07) is 21.1. The second kappa shape index (κ2) is 13.2. The first-order chi connectivity index (χ1) is 24.5. The van der Waals surface area contributed by atoms with Crippen molar-refractivity contribution >= 4 is 22.8 Å². The van der Waals surface area contributed by atoms with E-state index in [9.17, 15) is 0 Å². The van der Waals surface area contributed by atoms with Crippen molar-refractivity contribution in [1.29, 1.82) is 0 Å². The number of dihydropyridines is 1. The van der Waals surface area contributed by atoms with Crippen LogP contribution in [0.3, 0.4) is 0 Å². The number of nitrogens with zero attached hydrogens (tertiary/aromatic N) is 3. The molecule has 0 amide bonds. The number of aliphatic imine (C=N–C) groups is 2. The van der Waals surface area contributed by atoms with Crippen molar-refractivity contribution in [3.8, 4) is 11.1 Å². The third-order valence-electron chi connectivity index (χ3n) is 10.4. The van der Waals surface area contributed by atoms with Crippen molar-refractivity contribution in [2.24, 2.45) is 21.3 Å². The minimum Gasteiger partial charge on any atom is -0.387 e. The van der Waals surface area contributed by atoms with Gasteiger partial charge >= 0.3 is 0 Å². The number of pyridine rings is 1. The lowest BCUT2D eigenvalue weighted by molar-refractivity contribution is 0.411. The zero-order valence-corrected chi connectivity index (χ0v) is 28.6. The average Bonchev–Trinajstić information content (AvgIpc) is 3.18. The molecule has 3 aromatic rings. The van der Waals surface area contributed by atoms with Gasteiger partial charge in [0.25, 0.3) is 0 Å². The van der Waals surface area contributed by atoms with Gasteiger partial charge in [-0.15, -0.1) is 0 Å². The summed E-state index contributed by atoms with van der Waals surface area (Å²) >= 11 is 0. The molecule has 50 heavy (non-hydrogen) atoms. The van der Waals surface area contributed by atoms with Crippen LogP contribution in [0.5, 0.6) is 0 Å². The van der Waals surface area contributed by atoms with Crippen LogP contribution in [-0.2, 0) is 0 Å². The Morgan fingerprint density at radius 3 is 2.50 bits per heavy atom. The van der Waals surface area contributed by atoms with Crippen LogP contribution in [0.4, 0.5) is 0 Å². The van der Waals surface area contributed by atoms with Crippen LogP contribution in [0.2, 0.25) is 0 Å². The second-order valence-electron chi connectivity index (χ2n) is 13.4. The van der Waals surface area contributed by atoms with Gasteiger partial charge in [0.1, 0.15) is 0 Å². The highest BCUT2D eigenvalue weighted by Crippen LogP contribution is 2.55. The first-order valence-corrected chi connectivity index (χ1v) is 17.4. The quantitative estimate of drug-likeness (QED) is 0.214. The van der Waals surface area contributed by atoms with Gasteiger partial charge in [0.2, 0.25) is 0 Å². The summed E-state index contributed by atoms with van der Waals surface area (Å²) in [5.41, 5.74) is 14.8. The summed E-state index contributed by atoms with van der Waals surface area (Å²) in [6.07, 6.45) is 32.9. The van der Waals surface area contributed by atoms with Gasteiger partial charge in [-0.25, -0.2) is 9.98 Å². The molecule has 4 nitrogen and oxygen atoms in total. The normalized spacial score (nSPS) is 22.4. The Morgan fingerprint density at radius 2 is 1.68 bits per heavy atom. The van der Waals surface area contributed by atoms with Gasteiger partial charge in [-0.2, -0.15) is 0 Å². The molecule has 0 bridgehead atoms. The molecule has 0 saturated carbocycles. The van der Waals surface area contributed by atoms with Crippen LogP contribution in [0.15, 0.2) is 191 Å². The van der Waals surface area contributed by atoms with Gasteiger partial charge < -0.3 is 5.32 Å². The Hall–Kier alpha value is -5.87. The number of allylic oxidation sites excluding steroid dienone is 14. The predicted octanol–water partition coefficient (Wildman–Crippen LogP) is 10.3. The number of benzene rings is 2. The number of hydrogen-bond acceptors (Lipinski definition) is 3. The Balaban J connectivity index is 1.20. The van der Waals surface area contributed by atoms with Crippen LogP contribution in [0.1, 0.15) is 43.4 Å². The highest BCUT2D eigenvalue weighted by molar-refractivity contribution is 6.13. The van der Waals surface area contributed by atoms with Crippen molar-refractivity contribution < 1.29 is 0 Å². The second-order valence-corrected chi connectivity index (χ2v) is 13.4. The monoisotopic (exact) mass is 648 g/mol.